The molecule has 0 saturated carbocycles. The van der Waals surface area contributed by atoms with E-state index in [4.69, 9.17) is 26.8 Å². The SMILES string of the molecule is O=C(O)C[C@@H](C(=O)O)N1C(=O)/C(=C/c2ccc3c(c2)OCO3)SC1=S. The van der Waals surface area contributed by atoms with Crippen molar-refractivity contribution in [2.24, 2.45) is 0 Å². The number of benzene rings is 1. The largest absolute Gasteiger partial charge is 0.481 e. The Morgan fingerprint density at radius 3 is 2.72 bits per heavy atom. The number of carboxylic acids is 2. The molecule has 1 aromatic rings. The van der Waals surface area contributed by atoms with Crippen molar-refractivity contribution in [1.82, 2.24) is 4.90 Å². The maximum Gasteiger partial charge on any atom is 0.327 e. The van der Waals surface area contributed by atoms with Crippen molar-refractivity contribution in [3.63, 3.8) is 0 Å². The number of carbonyl (C=O) groups is 3. The van der Waals surface area contributed by atoms with Crippen LogP contribution in [0, 0.1) is 0 Å². The van der Waals surface area contributed by atoms with E-state index in [0.717, 1.165) is 16.7 Å². The van der Waals surface area contributed by atoms with Crippen molar-refractivity contribution in [3.05, 3.63) is 28.7 Å². The van der Waals surface area contributed by atoms with Gasteiger partial charge in [0.1, 0.15) is 10.4 Å². The zero-order valence-electron chi connectivity index (χ0n) is 12.5. The molecule has 2 N–H and O–H groups in total. The Morgan fingerprint density at radius 2 is 2.04 bits per heavy atom. The first-order valence-electron chi connectivity index (χ1n) is 6.98. The molecule has 8 nitrogen and oxygen atoms in total. The zero-order valence-corrected chi connectivity index (χ0v) is 14.1. The minimum atomic E-state index is -1.55. The van der Waals surface area contributed by atoms with Crippen LogP contribution in [-0.4, -0.2) is 50.1 Å². The van der Waals surface area contributed by atoms with Gasteiger partial charge in [-0.2, -0.15) is 0 Å². The molecule has 1 fully saturated rings. The normalized spacial score (nSPS) is 18.7. The number of amides is 1. The highest BCUT2D eigenvalue weighted by Crippen LogP contribution is 2.37. The number of carbonyl (C=O) groups excluding carboxylic acids is 1. The van der Waals surface area contributed by atoms with Crippen LogP contribution in [0.3, 0.4) is 0 Å². The second kappa shape index (κ2) is 6.73. The first-order valence-corrected chi connectivity index (χ1v) is 8.20. The van der Waals surface area contributed by atoms with Crippen LogP contribution in [0.1, 0.15) is 12.0 Å². The summed E-state index contributed by atoms with van der Waals surface area (Å²) in [6.45, 7) is 0.121. The number of nitrogens with zero attached hydrogens (tertiary/aromatic N) is 1. The minimum Gasteiger partial charge on any atom is -0.481 e. The van der Waals surface area contributed by atoms with Crippen molar-refractivity contribution >= 4 is 52.2 Å². The molecule has 0 radical (unpaired) electrons. The predicted molar refractivity (Wildman–Crippen MR) is 91.3 cm³/mol. The first kappa shape index (κ1) is 17.2. The number of thioether (sulfide) groups is 1. The molecule has 25 heavy (non-hydrogen) atoms. The van der Waals surface area contributed by atoms with Gasteiger partial charge in [-0.1, -0.05) is 30.0 Å². The van der Waals surface area contributed by atoms with Crippen LogP contribution in [0.15, 0.2) is 23.1 Å². The summed E-state index contributed by atoms with van der Waals surface area (Å²) in [6.07, 6.45) is 0.806. The summed E-state index contributed by atoms with van der Waals surface area (Å²) in [7, 11) is 0. The quantitative estimate of drug-likeness (QED) is 0.579. The Hall–Kier alpha value is -2.59. The van der Waals surface area contributed by atoms with Crippen LogP contribution in [0.2, 0.25) is 0 Å². The number of rotatable bonds is 5. The third-order valence-electron chi connectivity index (χ3n) is 3.48. The molecule has 1 amide bonds. The first-order chi connectivity index (χ1) is 11.9. The maximum absolute atomic E-state index is 12.5. The van der Waals surface area contributed by atoms with Gasteiger partial charge < -0.3 is 19.7 Å². The Balaban J connectivity index is 1.87. The zero-order chi connectivity index (χ0) is 18.1. The Labute approximate surface area is 151 Å². The van der Waals surface area contributed by atoms with Crippen LogP contribution in [0.4, 0.5) is 0 Å². The molecule has 0 spiro atoms. The Bertz CT molecular complexity index is 820. The molecule has 1 saturated heterocycles. The van der Waals surface area contributed by atoms with Crippen molar-refractivity contribution in [1.29, 1.82) is 0 Å². The van der Waals surface area contributed by atoms with Gasteiger partial charge in [-0.25, -0.2) is 4.79 Å². The summed E-state index contributed by atoms with van der Waals surface area (Å²) in [4.78, 5) is 35.8. The highest BCUT2D eigenvalue weighted by Gasteiger charge is 2.41. The lowest BCUT2D eigenvalue weighted by molar-refractivity contribution is -0.150. The third-order valence-corrected chi connectivity index (χ3v) is 4.81. The van der Waals surface area contributed by atoms with E-state index in [0.29, 0.717) is 17.1 Å². The van der Waals surface area contributed by atoms with E-state index in [1.54, 1.807) is 24.3 Å². The molecule has 0 bridgehead atoms. The average Bonchev–Trinajstić information content (AvgIpc) is 3.10. The molecule has 0 aliphatic carbocycles. The molecule has 2 heterocycles. The molecule has 1 atom stereocenters. The van der Waals surface area contributed by atoms with E-state index >= 15 is 0 Å². The number of fused-ring (bicyclic) bond motifs is 1. The lowest BCUT2D eigenvalue weighted by Gasteiger charge is -2.21. The van der Waals surface area contributed by atoms with E-state index in [-0.39, 0.29) is 16.0 Å². The fourth-order valence-electron chi connectivity index (χ4n) is 2.36. The van der Waals surface area contributed by atoms with Gasteiger partial charge in [0.05, 0.1) is 11.3 Å². The second-order valence-corrected chi connectivity index (χ2v) is 6.79. The smallest absolute Gasteiger partial charge is 0.327 e. The van der Waals surface area contributed by atoms with Crippen molar-refractivity contribution < 1.29 is 34.1 Å². The number of hydrogen-bond acceptors (Lipinski definition) is 7. The molecular weight excluding hydrogens is 370 g/mol. The number of aliphatic carboxylic acids is 2. The summed E-state index contributed by atoms with van der Waals surface area (Å²) in [5.74, 6) is -2.26. The van der Waals surface area contributed by atoms with Crippen LogP contribution < -0.4 is 9.47 Å². The van der Waals surface area contributed by atoms with E-state index in [2.05, 4.69) is 0 Å². The van der Waals surface area contributed by atoms with Gasteiger partial charge in [0.2, 0.25) is 6.79 Å². The van der Waals surface area contributed by atoms with Crippen molar-refractivity contribution in [2.45, 2.75) is 12.5 Å². The van der Waals surface area contributed by atoms with Gasteiger partial charge in [0.15, 0.2) is 11.5 Å². The van der Waals surface area contributed by atoms with Crippen molar-refractivity contribution in [3.8, 4) is 11.5 Å². The van der Waals surface area contributed by atoms with Gasteiger partial charge in [-0.05, 0) is 23.8 Å². The van der Waals surface area contributed by atoms with Crippen LogP contribution in [-0.2, 0) is 14.4 Å². The highest BCUT2D eigenvalue weighted by molar-refractivity contribution is 8.26. The monoisotopic (exact) mass is 381 g/mol. The second-order valence-electron chi connectivity index (χ2n) is 5.12. The predicted octanol–water partition coefficient (Wildman–Crippen LogP) is 1.54. The molecule has 2 aliphatic heterocycles. The fraction of sp³-hybridized carbons (Fsp3) is 0.200. The Morgan fingerprint density at radius 1 is 1.32 bits per heavy atom. The fourth-order valence-corrected chi connectivity index (χ4v) is 3.71. The summed E-state index contributed by atoms with van der Waals surface area (Å²) in [6, 6.07) is 3.54. The van der Waals surface area contributed by atoms with Crippen LogP contribution in [0.25, 0.3) is 6.08 Å². The molecule has 10 heteroatoms. The third kappa shape index (κ3) is 3.44. The standard InChI is InChI=1S/C15H11NO7S2/c17-12(18)5-8(14(20)21)16-13(19)11(25-15(16)24)4-7-1-2-9-10(3-7)23-6-22-9/h1-4,8H,5-6H2,(H,17,18)(H,20,21)/b11-4-/t8-/m0/s1. The highest BCUT2D eigenvalue weighted by atomic mass is 32.2. The van der Waals surface area contributed by atoms with E-state index in [9.17, 15) is 19.5 Å². The molecular formula is C15H11NO7S2. The van der Waals surface area contributed by atoms with E-state index < -0.39 is 30.3 Å². The van der Waals surface area contributed by atoms with E-state index in [1.165, 1.54) is 0 Å². The maximum atomic E-state index is 12.5. The van der Waals surface area contributed by atoms with Gasteiger partial charge in [0, 0.05) is 0 Å². The van der Waals surface area contributed by atoms with Gasteiger partial charge >= 0.3 is 11.9 Å². The van der Waals surface area contributed by atoms with Gasteiger partial charge in [0.25, 0.3) is 5.91 Å². The van der Waals surface area contributed by atoms with Crippen LogP contribution in [0.5, 0.6) is 11.5 Å². The van der Waals surface area contributed by atoms with Crippen molar-refractivity contribution in [2.75, 3.05) is 6.79 Å². The molecule has 2 aliphatic rings. The molecule has 130 valence electrons. The molecule has 0 aromatic heterocycles. The topological polar surface area (TPSA) is 113 Å². The van der Waals surface area contributed by atoms with Crippen LogP contribution >= 0.6 is 24.0 Å². The number of thiocarbonyl (C=S) groups is 1. The van der Waals surface area contributed by atoms with E-state index in [1.807, 2.05) is 0 Å². The van der Waals surface area contributed by atoms with Gasteiger partial charge in [-0.15, -0.1) is 0 Å². The lowest BCUT2D eigenvalue weighted by Crippen LogP contribution is -2.45. The summed E-state index contributed by atoms with van der Waals surface area (Å²) < 4.78 is 10.5. The molecule has 3 rings (SSSR count). The number of carboxylic acid groups (broad SMARTS) is 2. The number of hydrogen-bond donors (Lipinski definition) is 2. The molecule has 0 unspecified atom stereocenters. The summed E-state index contributed by atoms with van der Waals surface area (Å²) in [5, 5.41) is 18.1. The number of ether oxygens (including phenoxy) is 2. The summed E-state index contributed by atoms with van der Waals surface area (Å²) in [5.41, 5.74) is 0.648. The molecule has 1 aromatic carbocycles. The van der Waals surface area contributed by atoms with Gasteiger partial charge in [-0.3, -0.25) is 14.5 Å². The Kier molecular flexibility index (Phi) is 4.64. The minimum absolute atomic E-state index is 0.00523. The average molecular weight is 381 g/mol. The lowest BCUT2D eigenvalue weighted by atomic mass is 10.1. The summed E-state index contributed by atoms with van der Waals surface area (Å²) >= 11 is 5.99.